The Morgan fingerprint density at radius 1 is 1.10 bits per heavy atom. The molecule has 2 aromatic rings. The van der Waals surface area contributed by atoms with Crippen LogP contribution >= 0.6 is 0 Å². The van der Waals surface area contributed by atoms with Crippen molar-refractivity contribution in [3.8, 4) is 0 Å². The molecule has 0 aliphatic carbocycles. The predicted octanol–water partition coefficient (Wildman–Crippen LogP) is 2.92. The minimum absolute atomic E-state index is 0.136. The molecule has 1 aromatic heterocycles. The van der Waals surface area contributed by atoms with Crippen molar-refractivity contribution in [3.63, 3.8) is 0 Å². The van der Waals surface area contributed by atoms with Crippen LogP contribution in [0.2, 0.25) is 0 Å². The number of aromatic nitrogens is 2. The first-order valence-corrected chi connectivity index (χ1v) is 7.82. The van der Waals surface area contributed by atoms with Gasteiger partial charge >= 0.3 is 0 Å². The molecule has 114 valence electrons. The highest BCUT2D eigenvalue weighted by molar-refractivity contribution is 5.37. The van der Waals surface area contributed by atoms with E-state index in [2.05, 4.69) is 28.2 Å². The van der Waals surface area contributed by atoms with Crippen molar-refractivity contribution in [2.75, 3.05) is 18.0 Å². The zero-order valence-electron chi connectivity index (χ0n) is 12.9. The second-order valence-corrected chi connectivity index (χ2v) is 5.08. The fourth-order valence-electron chi connectivity index (χ4n) is 2.47. The van der Waals surface area contributed by atoms with Gasteiger partial charge in [0.2, 0.25) is 0 Å². The lowest BCUT2D eigenvalue weighted by atomic mass is 10.1. The maximum Gasteiger partial charge on any atom is 0.150 e. The lowest BCUT2D eigenvalue weighted by Gasteiger charge is -2.29. The highest BCUT2D eigenvalue weighted by Gasteiger charge is 2.18. The number of hydrogen-bond donors (Lipinski definition) is 1. The van der Waals surface area contributed by atoms with Gasteiger partial charge in [0.1, 0.15) is 0 Å². The normalized spacial score (nSPS) is 15.5. The minimum atomic E-state index is -0.136. The van der Waals surface area contributed by atoms with Crippen LogP contribution in [0.3, 0.4) is 0 Å². The molecule has 0 radical (unpaired) electrons. The molecule has 1 aliphatic heterocycles. The van der Waals surface area contributed by atoms with Gasteiger partial charge in [-0.25, -0.2) is 0 Å². The standard InChI is InChI=1S/C15H19N3O.C2H6/c19-14-6-9-17(10-7-14)15-8-11-18(16-15)12-13-4-2-1-3-5-13;1-2/h1-5,8,11,14,19H,6-7,9-10,12H2;1-2H3. The van der Waals surface area contributed by atoms with Gasteiger partial charge < -0.3 is 10.0 Å². The Kier molecular flexibility index (Phi) is 5.81. The Labute approximate surface area is 127 Å². The van der Waals surface area contributed by atoms with Crippen molar-refractivity contribution in [2.24, 2.45) is 0 Å². The highest BCUT2D eigenvalue weighted by Crippen LogP contribution is 2.18. The number of nitrogens with zero attached hydrogens (tertiary/aromatic N) is 3. The lowest BCUT2D eigenvalue weighted by Crippen LogP contribution is -2.36. The Bertz CT molecular complexity index is 516. The first-order valence-electron chi connectivity index (χ1n) is 7.82. The largest absolute Gasteiger partial charge is 0.393 e. The molecule has 0 spiro atoms. The summed E-state index contributed by atoms with van der Waals surface area (Å²) >= 11 is 0. The van der Waals surface area contributed by atoms with Crippen LogP contribution in [0.4, 0.5) is 5.82 Å². The molecule has 1 N–H and O–H groups in total. The summed E-state index contributed by atoms with van der Waals surface area (Å²) in [5.41, 5.74) is 1.26. The van der Waals surface area contributed by atoms with Crippen LogP contribution < -0.4 is 4.90 Å². The number of anilines is 1. The van der Waals surface area contributed by atoms with Gasteiger partial charge in [0, 0.05) is 25.4 Å². The van der Waals surface area contributed by atoms with E-state index >= 15 is 0 Å². The summed E-state index contributed by atoms with van der Waals surface area (Å²) in [4.78, 5) is 2.24. The van der Waals surface area contributed by atoms with E-state index in [-0.39, 0.29) is 6.10 Å². The van der Waals surface area contributed by atoms with Crippen molar-refractivity contribution in [1.82, 2.24) is 9.78 Å². The van der Waals surface area contributed by atoms with Gasteiger partial charge in [-0.2, -0.15) is 5.10 Å². The van der Waals surface area contributed by atoms with Crippen LogP contribution in [0, 0.1) is 0 Å². The molecule has 0 saturated carbocycles. The second kappa shape index (κ2) is 7.84. The summed E-state index contributed by atoms with van der Waals surface area (Å²) in [5, 5.41) is 14.1. The number of benzene rings is 1. The van der Waals surface area contributed by atoms with Gasteiger partial charge in [-0.3, -0.25) is 4.68 Å². The van der Waals surface area contributed by atoms with Crippen LogP contribution in [0.15, 0.2) is 42.6 Å². The fourth-order valence-corrected chi connectivity index (χ4v) is 2.47. The van der Waals surface area contributed by atoms with E-state index in [1.165, 1.54) is 5.56 Å². The number of aliphatic hydroxyl groups excluding tert-OH is 1. The van der Waals surface area contributed by atoms with Crippen LogP contribution in [0.1, 0.15) is 32.3 Å². The van der Waals surface area contributed by atoms with Crippen LogP contribution in [0.5, 0.6) is 0 Å². The Balaban J connectivity index is 0.000000774. The first-order chi connectivity index (χ1) is 10.3. The zero-order chi connectivity index (χ0) is 15.1. The van der Waals surface area contributed by atoms with E-state index in [0.717, 1.165) is 38.3 Å². The van der Waals surface area contributed by atoms with Crippen molar-refractivity contribution in [1.29, 1.82) is 0 Å². The molecule has 21 heavy (non-hydrogen) atoms. The van der Waals surface area contributed by atoms with Crippen molar-refractivity contribution < 1.29 is 5.11 Å². The summed E-state index contributed by atoms with van der Waals surface area (Å²) in [6.07, 6.45) is 3.56. The van der Waals surface area contributed by atoms with Crippen LogP contribution in [-0.2, 0) is 6.54 Å². The average Bonchev–Trinajstić information content (AvgIpc) is 2.99. The van der Waals surface area contributed by atoms with Crippen molar-refractivity contribution in [3.05, 3.63) is 48.2 Å². The molecular weight excluding hydrogens is 262 g/mol. The van der Waals surface area contributed by atoms with Gasteiger partial charge in [0.05, 0.1) is 12.6 Å². The minimum Gasteiger partial charge on any atom is -0.393 e. The third kappa shape index (κ3) is 4.33. The SMILES string of the molecule is CC.OC1CCN(c2ccn(Cc3ccccc3)n2)CC1. The second-order valence-electron chi connectivity index (χ2n) is 5.08. The third-order valence-electron chi connectivity index (χ3n) is 3.60. The summed E-state index contributed by atoms with van der Waals surface area (Å²) in [6.45, 7) is 6.59. The molecular formula is C17H25N3O. The van der Waals surface area contributed by atoms with Crippen LogP contribution in [0.25, 0.3) is 0 Å². The van der Waals surface area contributed by atoms with Crippen molar-refractivity contribution in [2.45, 2.75) is 39.3 Å². The maximum atomic E-state index is 9.52. The summed E-state index contributed by atoms with van der Waals surface area (Å²) in [5.74, 6) is 1.02. The summed E-state index contributed by atoms with van der Waals surface area (Å²) < 4.78 is 1.97. The molecule has 4 nitrogen and oxygen atoms in total. The quantitative estimate of drug-likeness (QED) is 0.943. The molecule has 3 rings (SSSR count). The van der Waals surface area contributed by atoms with E-state index < -0.39 is 0 Å². The smallest absolute Gasteiger partial charge is 0.150 e. The van der Waals surface area contributed by atoms with Gasteiger partial charge in [0.15, 0.2) is 5.82 Å². The Hall–Kier alpha value is -1.81. The van der Waals surface area contributed by atoms with E-state index in [1.54, 1.807) is 0 Å². The number of rotatable bonds is 3. The molecule has 0 amide bonds. The Morgan fingerprint density at radius 2 is 1.76 bits per heavy atom. The Morgan fingerprint density at radius 3 is 2.43 bits per heavy atom. The lowest BCUT2D eigenvalue weighted by molar-refractivity contribution is 0.145. The van der Waals surface area contributed by atoms with Crippen LogP contribution in [-0.4, -0.2) is 34.1 Å². The molecule has 1 saturated heterocycles. The maximum absolute atomic E-state index is 9.52. The van der Waals surface area contributed by atoms with Gasteiger partial charge in [0.25, 0.3) is 0 Å². The zero-order valence-corrected chi connectivity index (χ0v) is 12.9. The monoisotopic (exact) mass is 287 g/mol. The average molecular weight is 287 g/mol. The molecule has 1 aliphatic rings. The molecule has 4 heteroatoms. The molecule has 2 heterocycles. The molecule has 0 unspecified atom stereocenters. The van der Waals surface area contributed by atoms with Crippen molar-refractivity contribution >= 4 is 5.82 Å². The number of aliphatic hydroxyl groups is 1. The fraction of sp³-hybridized carbons (Fsp3) is 0.471. The van der Waals surface area contributed by atoms with E-state index in [1.807, 2.05) is 42.9 Å². The third-order valence-corrected chi connectivity index (χ3v) is 3.60. The topological polar surface area (TPSA) is 41.3 Å². The van der Waals surface area contributed by atoms with E-state index in [0.29, 0.717) is 0 Å². The molecule has 0 bridgehead atoms. The molecule has 0 atom stereocenters. The summed E-state index contributed by atoms with van der Waals surface area (Å²) in [7, 11) is 0. The van der Waals surface area contributed by atoms with E-state index in [9.17, 15) is 5.11 Å². The van der Waals surface area contributed by atoms with Gasteiger partial charge in [-0.15, -0.1) is 0 Å². The number of piperidine rings is 1. The van der Waals surface area contributed by atoms with E-state index in [4.69, 9.17) is 0 Å². The predicted molar refractivity (Wildman–Crippen MR) is 86.6 cm³/mol. The van der Waals surface area contributed by atoms with Gasteiger partial charge in [-0.1, -0.05) is 44.2 Å². The summed E-state index contributed by atoms with van der Waals surface area (Å²) in [6, 6.07) is 12.4. The molecule has 1 fully saturated rings. The van der Waals surface area contributed by atoms with Gasteiger partial charge in [-0.05, 0) is 18.4 Å². The highest BCUT2D eigenvalue weighted by atomic mass is 16.3. The molecule has 1 aromatic carbocycles. The number of hydrogen-bond acceptors (Lipinski definition) is 3. The first kappa shape index (κ1) is 15.6.